The number of hydrogen-bond donors (Lipinski definition) is 1. The van der Waals surface area contributed by atoms with Crippen molar-refractivity contribution in [2.24, 2.45) is 0 Å². The van der Waals surface area contributed by atoms with Gasteiger partial charge in [0.15, 0.2) is 0 Å². The summed E-state index contributed by atoms with van der Waals surface area (Å²) in [7, 11) is 0. The van der Waals surface area contributed by atoms with Gasteiger partial charge in [-0.3, -0.25) is 4.79 Å². The second-order valence-corrected chi connectivity index (χ2v) is 5.40. The van der Waals surface area contributed by atoms with Gasteiger partial charge in [-0.1, -0.05) is 23.2 Å². The fourth-order valence-corrected chi connectivity index (χ4v) is 2.51. The van der Waals surface area contributed by atoms with Crippen molar-refractivity contribution in [1.82, 2.24) is 20.2 Å². The summed E-state index contributed by atoms with van der Waals surface area (Å²) >= 11 is 11.8. The minimum Gasteiger partial charge on any atom is -0.322 e. The number of benzene rings is 2. The van der Waals surface area contributed by atoms with Gasteiger partial charge in [0.1, 0.15) is 12.1 Å². The topological polar surface area (TPSA) is 72.7 Å². The number of nitrogens with zero attached hydrogens (tertiary/aromatic N) is 4. The van der Waals surface area contributed by atoms with Crippen molar-refractivity contribution in [3.05, 3.63) is 64.2 Å². The summed E-state index contributed by atoms with van der Waals surface area (Å²) in [6.45, 7) is 0. The Morgan fingerprint density at radius 1 is 1.13 bits per heavy atom. The highest BCUT2D eigenvalue weighted by atomic mass is 35.5. The van der Waals surface area contributed by atoms with E-state index in [1.54, 1.807) is 0 Å². The highest BCUT2D eigenvalue weighted by molar-refractivity contribution is 6.35. The van der Waals surface area contributed by atoms with Gasteiger partial charge in [0.25, 0.3) is 5.91 Å². The van der Waals surface area contributed by atoms with Crippen molar-refractivity contribution in [3.63, 3.8) is 0 Å². The van der Waals surface area contributed by atoms with E-state index in [-0.39, 0.29) is 5.56 Å². The Bertz CT molecular complexity index is 849. The number of halogens is 3. The molecular weight excluding hydrogens is 344 g/mol. The maximum absolute atomic E-state index is 13.5. The summed E-state index contributed by atoms with van der Waals surface area (Å²) in [5.74, 6) is -1.11. The van der Waals surface area contributed by atoms with Gasteiger partial charge >= 0.3 is 0 Å². The van der Waals surface area contributed by atoms with Gasteiger partial charge in [-0.15, -0.1) is 5.10 Å². The van der Waals surface area contributed by atoms with E-state index in [9.17, 15) is 9.18 Å². The fraction of sp³-hybridized carbons (Fsp3) is 0. The number of carbonyl (C=O) groups excluding carboxylic acids is 1. The average molecular weight is 352 g/mol. The fourth-order valence-electron chi connectivity index (χ4n) is 1.99. The predicted octanol–water partition coefficient (Wildman–Crippen LogP) is 3.36. The highest BCUT2D eigenvalue weighted by Crippen LogP contribution is 2.24. The van der Waals surface area contributed by atoms with E-state index in [0.29, 0.717) is 21.4 Å². The zero-order valence-electron chi connectivity index (χ0n) is 11.4. The molecule has 1 aromatic heterocycles. The summed E-state index contributed by atoms with van der Waals surface area (Å²) in [5, 5.41) is 14.1. The van der Waals surface area contributed by atoms with Gasteiger partial charge in [0.05, 0.1) is 11.3 Å². The first-order valence-electron chi connectivity index (χ1n) is 6.33. The van der Waals surface area contributed by atoms with Crippen LogP contribution in [0.1, 0.15) is 10.4 Å². The Balaban J connectivity index is 1.97. The first-order valence-corrected chi connectivity index (χ1v) is 7.09. The van der Waals surface area contributed by atoms with Crippen LogP contribution in [0.2, 0.25) is 10.0 Å². The molecule has 23 heavy (non-hydrogen) atoms. The second-order valence-electron chi connectivity index (χ2n) is 4.53. The molecular formula is C14H8Cl2FN5O. The molecule has 0 saturated carbocycles. The molecule has 0 aliphatic heterocycles. The maximum Gasteiger partial charge on any atom is 0.257 e. The molecule has 0 spiro atoms. The molecule has 0 aliphatic carbocycles. The summed E-state index contributed by atoms with van der Waals surface area (Å²) < 4.78 is 14.8. The van der Waals surface area contributed by atoms with E-state index in [4.69, 9.17) is 23.2 Å². The van der Waals surface area contributed by atoms with E-state index in [0.717, 1.165) is 6.07 Å². The molecule has 0 fully saturated rings. The smallest absolute Gasteiger partial charge is 0.257 e. The van der Waals surface area contributed by atoms with E-state index < -0.39 is 11.7 Å². The van der Waals surface area contributed by atoms with E-state index in [1.165, 1.54) is 41.3 Å². The summed E-state index contributed by atoms with van der Waals surface area (Å²) in [6.07, 6.45) is 1.31. The lowest BCUT2D eigenvalue weighted by Crippen LogP contribution is -2.16. The Hall–Kier alpha value is -2.51. The van der Waals surface area contributed by atoms with Crippen LogP contribution in [0, 0.1) is 5.82 Å². The molecule has 0 aliphatic rings. The van der Waals surface area contributed by atoms with Crippen LogP contribution in [0.4, 0.5) is 10.1 Å². The number of anilines is 1. The van der Waals surface area contributed by atoms with Gasteiger partial charge in [0, 0.05) is 15.7 Å². The first kappa shape index (κ1) is 15.4. The van der Waals surface area contributed by atoms with Gasteiger partial charge in [-0.25, -0.2) is 4.39 Å². The third-order valence-corrected chi connectivity index (χ3v) is 3.36. The largest absolute Gasteiger partial charge is 0.322 e. The standard InChI is InChI=1S/C14H8Cl2FN5O/c15-8-3-9(16)5-11(4-8)19-14(23)12-6-10(17)1-2-13(12)22-7-18-20-21-22/h1-7H,(H,19,23). The summed E-state index contributed by atoms with van der Waals surface area (Å²) in [5.41, 5.74) is 0.787. The van der Waals surface area contributed by atoms with Crippen LogP contribution >= 0.6 is 23.2 Å². The average Bonchev–Trinajstić information content (AvgIpc) is 3.00. The predicted molar refractivity (Wildman–Crippen MR) is 83.5 cm³/mol. The van der Waals surface area contributed by atoms with Gasteiger partial charge in [-0.05, 0) is 46.8 Å². The molecule has 0 radical (unpaired) electrons. The molecule has 3 rings (SSSR count). The first-order chi connectivity index (χ1) is 11.0. The monoisotopic (exact) mass is 351 g/mol. The third kappa shape index (κ3) is 3.46. The summed E-state index contributed by atoms with van der Waals surface area (Å²) in [4.78, 5) is 12.5. The zero-order chi connectivity index (χ0) is 16.4. The van der Waals surface area contributed by atoms with Crippen LogP contribution in [0.25, 0.3) is 5.69 Å². The second kappa shape index (κ2) is 6.31. The molecule has 2 aromatic carbocycles. The minimum absolute atomic E-state index is 0.0633. The molecule has 6 nitrogen and oxygen atoms in total. The van der Waals surface area contributed by atoms with Crippen molar-refractivity contribution in [1.29, 1.82) is 0 Å². The van der Waals surface area contributed by atoms with Crippen molar-refractivity contribution >= 4 is 34.8 Å². The molecule has 1 heterocycles. The maximum atomic E-state index is 13.5. The number of aromatic nitrogens is 4. The lowest BCUT2D eigenvalue weighted by Gasteiger charge is -2.10. The number of hydrogen-bond acceptors (Lipinski definition) is 4. The molecule has 0 bridgehead atoms. The number of tetrazole rings is 1. The van der Waals surface area contributed by atoms with Crippen LogP contribution < -0.4 is 5.32 Å². The molecule has 1 amide bonds. The molecule has 3 aromatic rings. The molecule has 116 valence electrons. The van der Waals surface area contributed by atoms with E-state index in [2.05, 4.69) is 20.8 Å². The number of rotatable bonds is 3. The third-order valence-electron chi connectivity index (χ3n) is 2.92. The van der Waals surface area contributed by atoms with Gasteiger partial charge < -0.3 is 5.32 Å². The SMILES string of the molecule is O=C(Nc1cc(Cl)cc(Cl)c1)c1cc(F)ccc1-n1cnnn1. The molecule has 0 unspecified atom stereocenters. The van der Waals surface area contributed by atoms with Crippen molar-refractivity contribution in [2.45, 2.75) is 0 Å². The number of nitrogens with one attached hydrogen (secondary N) is 1. The van der Waals surface area contributed by atoms with E-state index in [1.807, 2.05) is 0 Å². The van der Waals surface area contributed by atoms with Crippen LogP contribution in [0.15, 0.2) is 42.7 Å². The molecule has 1 N–H and O–H groups in total. The van der Waals surface area contributed by atoms with E-state index >= 15 is 0 Å². The van der Waals surface area contributed by atoms with Gasteiger partial charge in [0.2, 0.25) is 0 Å². The van der Waals surface area contributed by atoms with Crippen LogP contribution in [-0.4, -0.2) is 26.1 Å². The van der Waals surface area contributed by atoms with Crippen molar-refractivity contribution in [3.8, 4) is 5.69 Å². The molecule has 0 saturated heterocycles. The van der Waals surface area contributed by atoms with Crippen LogP contribution in [0.3, 0.4) is 0 Å². The normalized spacial score (nSPS) is 10.6. The van der Waals surface area contributed by atoms with Crippen molar-refractivity contribution in [2.75, 3.05) is 5.32 Å². The van der Waals surface area contributed by atoms with Gasteiger partial charge in [-0.2, -0.15) is 4.68 Å². The highest BCUT2D eigenvalue weighted by Gasteiger charge is 2.15. The summed E-state index contributed by atoms with van der Waals surface area (Å²) in [6, 6.07) is 8.31. The Kier molecular flexibility index (Phi) is 4.22. The lowest BCUT2D eigenvalue weighted by molar-refractivity contribution is 0.102. The molecule has 9 heteroatoms. The number of amides is 1. The van der Waals surface area contributed by atoms with Crippen LogP contribution in [-0.2, 0) is 0 Å². The Labute approximate surface area is 139 Å². The Morgan fingerprint density at radius 3 is 2.52 bits per heavy atom. The van der Waals surface area contributed by atoms with Crippen LogP contribution in [0.5, 0.6) is 0 Å². The van der Waals surface area contributed by atoms with Crippen molar-refractivity contribution < 1.29 is 9.18 Å². The number of carbonyl (C=O) groups is 1. The zero-order valence-corrected chi connectivity index (χ0v) is 12.9. The lowest BCUT2D eigenvalue weighted by atomic mass is 10.1. The Morgan fingerprint density at radius 2 is 1.87 bits per heavy atom. The quantitative estimate of drug-likeness (QED) is 0.785. The molecule has 0 atom stereocenters. The minimum atomic E-state index is -0.559.